The zero-order chi connectivity index (χ0) is 40.8. The summed E-state index contributed by atoms with van der Waals surface area (Å²) in [5.74, 6) is 0. The fourth-order valence-electron chi connectivity index (χ4n) is 6.77. The number of benzene rings is 6. The first-order valence-electron chi connectivity index (χ1n) is 18.6. The van der Waals surface area contributed by atoms with Gasteiger partial charge in [0.2, 0.25) is 0 Å². The molecule has 14 nitrogen and oxygen atoms in total. The summed E-state index contributed by atoms with van der Waals surface area (Å²) in [6, 6.07) is 53.1. The van der Waals surface area contributed by atoms with Crippen LogP contribution >= 0.6 is 0 Å². The Morgan fingerprint density at radius 3 is 1.32 bits per heavy atom. The molecule has 59 heavy (non-hydrogen) atoms. The number of hydrogen-bond acceptors (Lipinski definition) is 14. The predicted octanol–water partition coefficient (Wildman–Crippen LogP) is 1.87. The summed E-state index contributed by atoms with van der Waals surface area (Å²) in [5.41, 5.74) is 0. The molecule has 0 aliphatic carbocycles. The topological polar surface area (TPSA) is 162 Å². The van der Waals surface area contributed by atoms with Crippen molar-refractivity contribution in [2.45, 2.75) is 6.55 Å². The summed E-state index contributed by atoms with van der Waals surface area (Å²) >= 11 is 0. The quantitative estimate of drug-likeness (QED) is 0.0982. The van der Waals surface area contributed by atoms with Crippen LogP contribution in [-0.2, 0) is 47.0 Å². The number of rotatable bonds is 11. The minimum Gasteiger partial charge on any atom is -0.414 e. The van der Waals surface area contributed by atoms with Gasteiger partial charge in [-0.3, -0.25) is 20.3 Å². The largest absolute Gasteiger partial charge is 0.558 e. The molecular weight excluding hydrogens is 877 g/mol. The molecule has 21 heteroatoms. The van der Waals surface area contributed by atoms with E-state index in [9.17, 15) is 15.8 Å². The molecule has 2 heterocycles. The van der Waals surface area contributed by atoms with E-state index in [2.05, 4.69) is 0 Å². The smallest absolute Gasteiger partial charge is 0.414 e. The second-order valence-corrected chi connectivity index (χ2v) is 32.1. The van der Waals surface area contributed by atoms with Crippen molar-refractivity contribution in [3.63, 3.8) is 0 Å². The third-order valence-electron chi connectivity index (χ3n) is 9.51. The fourth-order valence-corrected chi connectivity index (χ4v) is 36.2. The maximum Gasteiger partial charge on any atom is 0.558 e. The van der Waals surface area contributed by atoms with E-state index >= 15 is 0 Å². The molecule has 0 saturated carbocycles. The summed E-state index contributed by atoms with van der Waals surface area (Å²) in [6.07, 6.45) is -0.0459. The Balaban J connectivity index is 1.48. The molecule has 2 bridgehead atoms. The van der Waals surface area contributed by atoms with E-state index in [1.807, 2.05) is 61.1 Å². The highest BCUT2D eigenvalue weighted by Crippen LogP contribution is 2.36. The first-order valence-corrected chi connectivity index (χ1v) is 31.2. The van der Waals surface area contributed by atoms with E-state index < -0.39 is 62.3 Å². The molecule has 0 aromatic heterocycles. The van der Waals surface area contributed by atoms with Gasteiger partial charge in [-0.1, -0.05) is 182 Å². The van der Waals surface area contributed by atoms with Crippen molar-refractivity contribution >= 4 is 93.5 Å². The molecule has 0 radical (unpaired) electrons. The van der Waals surface area contributed by atoms with Crippen LogP contribution < -0.4 is 31.1 Å². The average Bonchev–Trinajstić information content (AvgIpc) is 3.35. The van der Waals surface area contributed by atoms with Crippen LogP contribution in [0.25, 0.3) is 0 Å². The Kier molecular flexibility index (Phi) is 12.9. The van der Waals surface area contributed by atoms with Gasteiger partial charge in [0.15, 0.2) is 9.04 Å². The minimum atomic E-state index is -4.96. The predicted molar refractivity (Wildman–Crippen MR) is 230 cm³/mol. The fraction of sp³-hybridized carbons (Fsp3) is 0.0526. The van der Waals surface area contributed by atoms with Crippen LogP contribution in [-0.4, -0.2) is 84.3 Å². The summed E-state index contributed by atoms with van der Waals surface area (Å²) in [5, 5.41) is 35.6. The van der Waals surface area contributed by atoms with Crippen molar-refractivity contribution in [3.05, 3.63) is 182 Å². The monoisotopic (exact) mass is 916 g/mol. The second kappa shape index (κ2) is 18.1. The van der Waals surface area contributed by atoms with Crippen molar-refractivity contribution in [1.82, 2.24) is 0 Å². The van der Waals surface area contributed by atoms with Crippen molar-refractivity contribution in [3.8, 4) is 0 Å². The van der Waals surface area contributed by atoms with Crippen LogP contribution in [0.5, 0.6) is 0 Å². The first-order chi connectivity index (χ1) is 28.8. The summed E-state index contributed by atoms with van der Waals surface area (Å²) in [6.45, 7) is 1.90. The van der Waals surface area contributed by atoms with Crippen LogP contribution in [0.2, 0.25) is 6.55 Å². The molecule has 2 saturated heterocycles. The van der Waals surface area contributed by atoms with Crippen molar-refractivity contribution in [2.75, 3.05) is 6.23 Å². The highest BCUT2D eigenvalue weighted by Gasteiger charge is 2.74. The van der Waals surface area contributed by atoms with Gasteiger partial charge in [-0.2, -0.15) is 0 Å². The van der Waals surface area contributed by atoms with E-state index in [-0.39, 0.29) is 11.4 Å². The van der Waals surface area contributed by atoms with Gasteiger partial charge in [-0.25, -0.2) is 9.15 Å². The van der Waals surface area contributed by atoms with Gasteiger partial charge in [0, 0.05) is 25.9 Å². The van der Waals surface area contributed by atoms with Crippen LogP contribution in [0, 0.1) is 0 Å². The summed E-state index contributed by atoms with van der Waals surface area (Å²) < 4.78 is 74.3. The van der Waals surface area contributed by atoms with E-state index in [4.69, 9.17) is 47.0 Å². The third kappa shape index (κ3) is 8.48. The normalized spacial score (nSPS) is 29.2. The van der Waals surface area contributed by atoms with Crippen molar-refractivity contribution in [2.24, 2.45) is 0 Å². The van der Waals surface area contributed by atoms with Crippen molar-refractivity contribution < 1.29 is 62.7 Å². The second-order valence-electron chi connectivity index (χ2n) is 13.5. The number of fused-ring (bicyclic) bond motifs is 2. The molecule has 7 unspecified atom stereocenters. The van der Waals surface area contributed by atoms with Crippen LogP contribution in [0.1, 0.15) is 0 Å². The molecule has 6 aromatic carbocycles. The molecule has 2 fully saturated rings. The van der Waals surface area contributed by atoms with Crippen LogP contribution in [0.3, 0.4) is 0 Å². The highest BCUT2D eigenvalue weighted by molar-refractivity contribution is 7.05. The lowest BCUT2D eigenvalue weighted by Gasteiger charge is -2.50. The molecule has 0 spiro atoms. The summed E-state index contributed by atoms with van der Waals surface area (Å²) in [4.78, 5) is 0. The lowest BCUT2D eigenvalue weighted by Crippen LogP contribution is -2.84. The van der Waals surface area contributed by atoms with E-state index in [1.165, 1.54) is 0 Å². The highest BCUT2D eigenvalue weighted by atomic mass is 28.6. The molecule has 8 rings (SSSR count). The maximum absolute atomic E-state index is 11.5. The van der Waals surface area contributed by atoms with Crippen LogP contribution in [0.4, 0.5) is 0 Å². The van der Waals surface area contributed by atoms with Gasteiger partial charge in [0.25, 0.3) is 0 Å². The van der Waals surface area contributed by atoms with E-state index in [0.29, 0.717) is 25.9 Å². The lowest BCUT2D eigenvalue weighted by atomic mass is 10.4. The van der Waals surface area contributed by atoms with Gasteiger partial charge in [-0.05, 0) is 11.7 Å². The van der Waals surface area contributed by atoms with Crippen LogP contribution in [0.15, 0.2) is 182 Å². The van der Waals surface area contributed by atoms with Gasteiger partial charge in [0.1, 0.15) is 0 Å². The number of hydrogen-bond donors (Lipinski definition) is 3. The maximum atomic E-state index is 11.5. The first kappa shape index (κ1) is 42.0. The molecule has 7 atom stereocenters. The SMILES string of the molecule is C[SiH]1CO[Si](OO)(c2ccccc2)O[Si]2(c3ccccc3)O[Si](OO)(c3ccccc3)O[Si](O[SiH](OO)c3ccccc3)(c3ccccc3)O[Si](c3ccccc3)(O1)O2. The Morgan fingerprint density at radius 2 is 0.847 bits per heavy atom. The molecule has 3 N–H and O–H groups in total. The third-order valence-corrected chi connectivity index (χ3v) is 33.5. The summed E-state index contributed by atoms with van der Waals surface area (Å²) in [7, 11) is -29.8. The standard InChI is InChI=1S/C38H40O14Si7/c1-53-32-42-55(44-40,34-22-10-3-11-23-34)48-59(38-30-18-7-19-31-38)50-56(45-41,35-24-12-4-13-25-35)49-58(37-28-16-6-17-29-37,47-54(43-39)33-20-8-2-9-21-33)51-57(46-53,52-59)36-26-14-5-15-27-36/h2-31,39-41,53-54H,32H2,1H3. The van der Waals surface area contributed by atoms with Gasteiger partial charge in [-0.15, -0.1) is 0 Å². The molecule has 2 aliphatic rings. The lowest BCUT2D eigenvalue weighted by molar-refractivity contribution is -0.191. The Bertz CT molecular complexity index is 2250. The Hall–Kier alpha value is -3.72. The average molecular weight is 917 g/mol. The molecule has 2 aliphatic heterocycles. The Morgan fingerprint density at radius 1 is 0.458 bits per heavy atom. The van der Waals surface area contributed by atoms with E-state index in [0.717, 1.165) is 0 Å². The molecular formula is C38H40O14Si7. The Labute approximate surface area is 349 Å². The minimum absolute atomic E-state index is 0.0459. The van der Waals surface area contributed by atoms with Crippen molar-refractivity contribution in [1.29, 1.82) is 0 Å². The van der Waals surface area contributed by atoms with Gasteiger partial charge in [0.05, 0.1) is 6.23 Å². The van der Waals surface area contributed by atoms with E-state index in [1.54, 1.807) is 127 Å². The molecule has 6 aromatic rings. The molecule has 304 valence electrons. The zero-order valence-corrected chi connectivity index (χ0v) is 38.8. The van der Waals surface area contributed by atoms with Gasteiger partial charge >= 0.3 is 53.3 Å². The molecule has 0 amide bonds. The van der Waals surface area contributed by atoms with Gasteiger partial charge < -0.3 is 33.2 Å². The zero-order valence-electron chi connectivity index (χ0n) is 31.5.